The standard InChI is InChI=1S/C29H17N2O.C18H24GeN.Ir/c1-2-10-20(11-3-1)31-27-21-12-5-4-9-19(21)17-18-25(27)30-29(31)24-15-8-14-23-22-13-6-7-16-26(22)32-28(23)24;1-14(2)11-16-12-18(15-9-7-6-8-10-15)20-13-17(16)19(3,4)5;/h1-14,16-18H;6-9,12-14H,11H2,1-5H3;/q2*-1;. The second kappa shape index (κ2) is 15.3. The molecule has 0 saturated heterocycles. The van der Waals surface area contributed by atoms with E-state index in [9.17, 15) is 0 Å². The average molecular weight is 929 g/mol. The molecule has 265 valence electrons. The molecule has 0 unspecified atom stereocenters. The normalized spacial score (nSPS) is 11.6. The third-order valence-electron chi connectivity index (χ3n) is 9.53. The number of hydrogen-bond acceptors (Lipinski definition) is 3. The monoisotopic (exact) mass is 930 g/mol. The van der Waals surface area contributed by atoms with E-state index in [1.807, 2.05) is 48.5 Å². The van der Waals surface area contributed by atoms with Gasteiger partial charge in [0.1, 0.15) is 5.58 Å². The van der Waals surface area contributed by atoms with E-state index >= 15 is 0 Å². The van der Waals surface area contributed by atoms with Gasteiger partial charge in [-0.2, -0.15) is 0 Å². The number of benzene rings is 6. The number of para-hydroxylation sites is 2. The summed E-state index contributed by atoms with van der Waals surface area (Å²) in [5.41, 5.74) is 9.28. The van der Waals surface area contributed by atoms with Crippen molar-refractivity contribution in [1.82, 2.24) is 14.5 Å². The summed E-state index contributed by atoms with van der Waals surface area (Å²) < 4.78 is 10.1. The van der Waals surface area contributed by atoms with Gasteiger partial charge in [0.25, 0.3) is 0 Å². The third kappa shape index (κ3) is 7.26. The number of furan rings is 1. The summed E-state index contributed by atoms with van der Waals surface area (Å²) in [6.07, 6.45) is 3.27. The van der Waals surface area contributed by atoms with Crippen LogP contribution in [0.1, 0.15) is 19.4 Å². The van der Waals surface area contributed by atoms with Crippen LogP contribution in [0.2, 0.25) is 17.3 Å². The van der Waals surface area contributed by atoms with E-state index in [-0.39, 0.29) is 20.1 Å². The Morgan fingerprint density at radius 3 is 2.23 bits per heavy atom. The zero-order chi connectivity index (χ0) is 35.8. The molecule has 6 aromatic carbocycles. The summed E-state index contributed by atoms with van der Waals surface area (Å²) in [6.45, 7) is 4.57. The zero-order valence-electron chi connectivity index (χ0n) is 30.6. The van der Waals surface area contributed by atoms with E-state index in [1.165, 1.54) is 16.3 Å². The van der Waals surface area contributed by atoms with Crippen LogP contribution in [-0.4, -0.2) is 27.8 Å². The smallest absolute Gasteiger partial charge is 0.120 e. The molecular formula is C47H41GeIrN3O-2. The first kappa shape index (κ1) is 36.5. The van der Waals surface area contributed by atoms with Crippen LogP contribution >= 0.6 is 0 Å². The van der Waals surface area contributed by atoms with Gasteiger partial charge in [-0.1, -0.05) is 77.7 Å². The van der Waals surface area contributed by atoms with Crippen molar-refractivity contribution in [1.29, 1.82) is 0 Å². The first-order chi connectivity index (χ1) is 25.3. The molecular weight excluding hydrogens is 887 g/mol. The summed E-state index contributed by atoms with van der Waals surface area (Å²) in [5.74, 6) is 8.82. The summed E-state index contributed by atoms with van der Waals surface area (Å²) in [6, 6.07) is 52.3. The maximum absolute atomic E-state index is 6.33. The molecule has 0 bridgehead atoms. The summed E-state index contributed by atoms with van der Waals surface area (Å²) in [7, 11) is 0. The fourth-order valence-electron chi connectivity index (χ4n) is 7.17. The van der Waals surface area contributed by atoms with Gasteiger partial charge in [0, 0.05) is 36.6 Å². The molecule has 0 spiro atoms. The Morgan fingerprint density at radius 1 is 0.736 bits per heavy atom. The minimum atomic E-state index is -1.86. The van der Waals surface area contributed by atoms with Crippen molar-refractivity contribution >= 4 is 61.4 Å². The first-order valence-corrected chi connectivity index (χ1v) is 25.3. The van der Waals surface area contributed by atoms with Crippen LogP contribution < -0.4 is 4.40 Å². The molecule has 0 aliphatic rings. The molecule has 0 aliphatic carbocycles. The molecule has 9 rings (SSSR count). The van der Waals surface area contributed by atoms with Crippen molar-refractivity contribution in [3.8, 4) is 28.3 Å². The molecule has 0 fully saturated rings. The van der Waals surface area contributed by atoms with Gasteiger partial charge in [-0.3, -0.25) is 4.98 Å². The Labute approximate surface area is 327 Å². The van der Waals surface area contributed by atoms with Crippen LogP contribution in [0.4, 0.5) is 0 Å². The number of aromatic nitrogens is 3. The Balaban J connectivity index is 0.000000180. The Hall–Kier alpha value is -4.81. The van der Waals surface area contributed by atoms with Gasteiger partial charge in [0.05, 0.1) is 22.4 Å². The second-order valence-corrected chi connectivity index (χ2v) is 25.4. The van der Waals surface area contributed by atoms with Gasteiger partial charge >= 0.3 is 126 Å². The van der Waals surface area contributed by atoms with Crippen LogP contribution in [0.25, 0.3) is 72.1 Å². The molecule has 9 aromatic rings. The summed E-state index contributed by atoms with van der Waals surface area (Å²) in [4.78, 5) is 9.80. The van der Waals surface area contributed by atoms with Gasteiger partial charge in [0.2, 0.25) is 0 Å². The minimum Gasteiger partial charge on any atom is -0.501 e. The first-order valence-electron chi connectivity index (χ1n) is 18.0. The number of rotatable bonds is 6. The molecule has 0 amide bonds. The molecule has 0 aliphatic heterocycles. The SMILES string of the molecule is CC(C)Cc1cc(-c2[c-]cccc2)nc[c]1[Ge]([CH3])([CH3])[CH3].[Ir].[c-]1ccc2c(oc3ccccc32)c1-c1nc2ccc3ccccc3c2n1-c1ccccc1. The topological polar surface area (TPSA) is 43.9 Å². The van der Waals surface area contributed by atoms with E-state index in [0.717, 1.165) is 67.7 Å². The molecule has 0 atom stereocenters. The van der Waals surface area contributed by atoms with Crippen LogP contribution in [0.15, 0.2) is 144 Å². The maximum Gasteiger partial charge on any atom is 0.120 e. The fourth-order valence-corrected chi connectivity index (χ4v) is 10.5. The summed E-state index contributed by atoms with van der Waals surface area (Å²) in [5, 5.41) is 4.54. The van der Waals surface area contributed by atoms with Crippen LogP contribution in [-0.2, 0) is 26.5 Å². The van der Waals surface area contributed by atoms with E-state index < -0.39 is 13.3 Å². The van der Waals surface area contributed by atoms with Crippen LogP contribution in [0, 0.1) is 18.1 Å². The quantitative estimate of drug-likeness (QED) is 0.123. The maximum atomic E-state index is 6.33. The number of hydrogen-bond donors (Lipinski definition) is 0. The van der Waals surface area contributed by atoms with Gasteiger partial charge < -0.3 is 8.98 Å². The fraction of sp³-hybridized carbons (Fsp3) is 0.149. The molecule has 0 N–H and O–H groups in total. The van der Waals surface area contributed by atoms with Crippen molar-refractivity contribution in [2.24, 2.45) is 5.92 Å². The predicted molar refractivity (Wildman–Crippen MR) is 220 cm³/mol. The van der Waals surface area contributed by atoms with Crippen molar-refractivity contribution in [2.75, 3.05) is 0 Å². The minimum absolute atomic E-state index is 0. The van der Waals surface area contributed by atoms with E-state index in [2.05, 4.69) is 139 Å². The van der Waals surface area contributed by atoms with Crippen molar-refractivity contribution in [2.45, 2.75) is 37.5 Å². The average Bonchev–Trinajstić information content (AvgIpc) is 3.74. The zero-order valence-corrected chi connectivity index (χ0v) is 35.1. The second-order valence-electron chi connectivity index (χ2n) is 14.8. The van der Waals surface area contributed by atoms with Gasteiger partial charge in [-0.25, -0.2) is 0 Å². The van der Waals surface area contributed by atoms with Crippen LogP contribution in [0.3, 0.4) is 0 Å². The van der Waals surface area contributed by atoms with Crippen molar-refractivity contribution < 1.29 is 24.5 Å². The number of fused-ring (bicyclic) bond motifs is 6. The molecule has 6 heteroatoms. The van der Waals surface area contributed by atoms with Crippen molar-refractivity contribution in [3.05, 3.63) is 157 Å². The van der Waals surface area contributed by atoms with E-state index in [4.69, 9.17) is 14.4 Å². The van der Waals surface area contributed by atoms with Crippen LogP contribution in [0.5, 0.6) is 0 Å². The molecule has 0 saturated carbocycles. The van der Waals surface area contributed by atoms with Crippen molar-refractivity contribution in [3.63, 3.8) is 0 Å². The molecule has 3 aromatic heterocycles. The van der Waals surface area contributed by atoms with Gasteiger partial charge in [-0.05, 0) is 29.7 Å². The van der Waals surface area contributed by atoms with E-state index in [0.29, 0.717) is 5.92 Å². The Morgan fingerprint density at radius 2 is 1.47 bits per heavy atom. The van der Waals surface area contributed by atoms with Gasteiger partial charge in [0.15, 0.2) is 0 Å². The van der Waals surface area contributed by atoms with Gasteiger partial charge in [-0.15, -0.1) is 18.2 Å². The summed E-state index contributed by atoms with van der Waals surface area (Å²) >= 11 is -1.86. The van der Waals surface area contributed by atoms with E-state index in [1.54, 1.807) is 4.40 Å². The largest absolute Gasteiger partial charge is 0.501 e. The Bertz CT molecular complexity index is 2670. The molecule has 4 nitrogen and oxygen atoms in total. The predicted octanol–water partition coefficient (Wildman–Crippen LogP) is 11.8. The number of pyridine rings is 1. The number of nitrogens with zero attached hydrogens (tertiary/aromatic N) is 3. The molecule has 1 radical (unpaired) electrons. The molecule has 53 heavy (non-hydrogen) atoms. The number of imidazole rings is 1. The third-order valence-corrected chi connectivity index (χ3v) is 13.9. The Kier molecular flexibility index (Phi) is 10.5. The molecule has 3 heterocycles.